The Morgan fingerprint density at radius 1 is 1.03 bits per heavy atom. The van der Waals surface area contributed by atoms with Gasteiger partial charge in [-0.3, -0.25) is 9.69 Å². The van der Waals surface area contributed by atoms with Gasteiger partial charge in [-0.25, -0.2) is 8.78 Å². The van der Waals surface area contributed by atoms with E-state index in [1.807, 2.05) is 11.8 Å². The second-order valence-corrected chi connectivity index (χ2v) is 9.85. The number of piperazine rings is 1. The number of hydrogen-bond acceptors (Lipinski definition) is 4. The van der Waals surface area contributed by atoms with Gasteiger partial charge < -0.3 is 14.4 Å². The van der Waals surface area contributed by atoms with Crippen molar-refractivity contribution < 1.29 is 8.78 Å². The average molecular weight is 431 g/mol. The summed E-state index contributed by atoms with van der Waals surface area (Å²) in [6, 6.07) is 1.65. The number of rotatable bonds is 4. The maximum atomic E-state index is 15.7. The van der Waals surface area contributed by atoms with Gasteiger partial charge in [-0.05, 0) is 44.7 Å². The van der Waals surface area contributed by atoms with E-state index in [2.05, 4.69) is 23.8 Å². The zero-order chi connectivity index (χ0) is 21.9. The molecule has 2 aliphatic heterocycles. The minimum atomic E-state index is -0.798. The number of fused-ring (bicyclic) bond motifs is 1. The van der Waals surface area contributed by atoms with E-state index >= 15 is 8.78 Å². The standard InChI is InChI=1S/C24H32F2N4O/c1-15-6-7-29(13-15)24-16(2)23-20(21(25)22(24)26)17(12-19(31)30(23)18-4-5-18)14-28-10-8-27(3)9-11-28/h12,15,18H,4-11,13-14H2,1-3H3/t15-/m0/s1. The molecule has 0 bridgehead atoms. The number of aryl methyl sites for hydroxylation is 1. The summed E-state index contributed by atoms with van der Waals surface area (Å²) in [5.41, 5.74) is 2.18. The predicted molar refractivity (Wildman–Crippen MR) is 120 cm³/mol. The second kappa shape index (κ2) is 7.85. The highest BCUT2D eigenvalue weighted by molar-refractivity contribution is 5.91. The van der Waals surface area contributed by atoms with Crippen LogP contribution in [0.25, 0.3) is 10.9 Å². The van der Waals surface area contributed by atoms with Crippen molar-refractivity contribution in [3.05, 3.63) is 39.2 Å². The van der Waals surface area contributed by atoms with E-state index in [9.17, 15) is 4.79 Å². The second-order valence-electron chi connectivity index (χ2n) is 9.85. The van der Waals surface area contributed by atoms with Crippen LogP contribution in [0.4, 0.5) is 14.5 Å². The summed E-state index contributed by atoms with van der Waals surface area (Å²) in [5, 5.41) is 0.302. The third-order valence-electron chi connectivity index (χ3n) is 7.31. The molecule has 31 heavy (non-hydrogen) atoms. The molecular formula is C24H32F2N4O. The number of likely N-dealkylation sites (N-methyl/N-ethyl adjacent to an activating group) is 1. The molecule has 5 nitrogen and oxygen atoms in total. The first kappa shape index (κ1) is 20.9. The van der Waals surface area contributed by atoms with Gasteiger partial charge >= 0.3 is 0 Å². The molecule has 0 amide bonds. The third kappa shape index (κ3) is 3.65. The highest BCUT2D eigenvalue weighted by Gasteiger charge is 2.33. The molecule has 5 rings (SSSR count). The highest BCUT2D eigenvalue weighted by atomic mass is 19.2. The van der Waals surface area contributed by atoms with E-state index < -0.39 is 11.6 Å². The number of aromatic nitrogens is 1. The largest absolute Gasteiger partial charge is 0.369 e. The SMILES string of the molecule is Cc1c(N2CC[C@H](C)C2)c(F)c(F)c2c(CN3CCN(C)CC3)cc(=O)n(C3CC3)c12. The molecule has 1 atom stereocenters. The normalized spacial score (nSPS) is 23.3. The van der Waals surface area contributed by atoms with Crippen molar-refractivity contribution >= 4 is 16.6 Å². The van der Waals surface area contributed by atoms with Crippen molar-refractivity contribution in [1.29, 1.82) is 0 Å². The Morgan fingerprint density at radius 3 is 2.35 bits per heavy atom. The van der Waals surface area contributed by atoms with Crippen molar-refractivity contribution in [3.63, 3.8) is 0 Å². The van der Waals surface area contributed by atoms with Gasteiger partial charge in [-0.1, -0.05) is 6.92 Å². The molecule has 2 saturated heterocycles. The molecule has 3 aliphatic rings. The van der Waals surface area contributed by atoms with Crippen molar-refractivity contribution in [1.82, 2.24) is 14.4 Å². The molecule has 0 radical (unpaired) electrons. The lowest BCUT2D eigenvalue weighted by Gasteiger charge is -2.33. The Kier molecular flexibility index (Phi) is 5.29. The first-order chi connectivity index (χ1) is 14.8. The number of hydrogen-bond donors (Lipinski definition) is 0. The fraction of sp³-hybridized carbons (Fsp3) is 0.625. The molecular weight excluding hydrogens is 398 g/mol. The van der Waals surface area contributed by atoms with Gasteiger partial charge in [-0.15, -0.1) is 0 Å². The molecule has 1 aromatic heterocycles. The Labute approximate surface area is 182 Å². The first-order valence-electron chi connectivity index (χ1n) is 11.6. The molecule has 1 saturated carbocycles. The van der Waals surface area contributed by atoms with Crippen LogP contribution in [0, 0.1) is 24.5 Å². The van der Waals surface area contributed by atoms with Gasteiger partial charge in [0.15, 0.2) is 11.6 Å². The molecule has 3 fully saturated rings. The summed E-state index contributed by atoms with van der Waals surface area (Å²) in [6.07, 6.45) is 2.81. The van der Waals surface area contributed by atoms with Gasteiger partial charge in [0.2, 0.25) is 0 Å². The van der Waals surface area contributed by atoms with Crippen LogP contribution in [0.1, 0.15) is 43.4 Å². The molecule has 3 heterocycles. The average Bonchev–Trinajstić information content (AvgIpc) is 3.48. The van der Waals surface area contributed by atoms with Crippen LogP contribution in [0.2, 0.25) is 0 Å². The molecule has 1 aromatic carbocycles. The fourth-order valence-electron chi connectivity index (χ4n) is 5.36. The lowest BCUT2D eigenvalue weighted by Crippen LogP contribution is -2.44. The monoisotopic (exact) mass is 430 g/mol. The summed E-state index contributed by atoms with van der Waals surface area (Å²) in [7, 11) is 2.09. The molecule has 2 aromatic rings. The Bertz CT molecular complexity index is 1070. The smallest absolute Gasteiger partial charge is 0.251 e. The van der Waals surface area contributed by atoms with E-state index in [1.165, 1.54) is 0 Å². The fourth-order valence-corrected chi connectivity index (χ4v) is 5.36. The van der Waals surface area contributed by atoms with Gasteiger partial charge in [-0.2, -0.15) is 0 Å². The van der Waals surface area contributed by atoms with Gasteiger partial charge in [0.25, 0.3) is 5.56 Å². The molecule has 0 N–H and O–H groups in total. The number of benzene rings is 1. The molecule has 168 valence electrons. The maximum absolute atomic E-state index is 15.7. The lowest BCUT2D eigenvalue weighted by atomic mass is 10.0. The third-order valence-corrected chi connectivity index (χ3v) is 7.31. The Hall–Kier alpha value is -1.99. The van der Waals surface area contributed by atoms with Crippen molar-refractivity contribution in [2.45, 2.75) is 45.7 Å². The minimum Gasteiger partial charge on any atom is -0.369 e. The maximum Gasteiger partial charge on any atom is 0.251 e. The topological polar surface area (TPSA) is 31.7 Å². The number of anilines is 1. The molecule has 0 spiro atoms. The Balaban J connectivity index is 1.69. The number of pyridine rings is 1. The van der Waals surface area contributed by atoms with E-state index in [4.69, 9.17) is 0 Å². The van der Waals surface area contributed by atoms with Gasteiger partial charge in [0, 0.05) is 68.9 Å². The van der Waals surface area contributed by atoms with E-state index in [1.54, 1.807) is 10.6 Å². The van der Waals surface area contributed by atoms with Crippen LogP contribution in [0.3, 0.4) is 0 Å². The van der Waals surface area contributed by atoms with Crippen LogP contribution < -0.4 is 10.5 Å². The van der Waals surface area contributed by atoms with Crippen molar-refractivity contribution in [2.24, 2.45) is 5.92 Å². The van der Waals surface area contributed by atoms with E-state index in [0.717, 1.165) is 58.5 Å². The lowest BCUT2D eigenvalue weighted by molar-refractivity contribution is 0.148. The summed E-state index contributed by atoms with van der Waals surface area (Å²) >= 11 is 0. The summed E-state index contributed by atoms with van der Waals surface area (Å²) in [5.74, 6) is -1.11. The zero-order valence-electron chi connectivity index (χ0n) is 18.8. The first-order valence-corrected chi connectivity index (χ1v) is 11.6. The highest BCUT2D eigenvalue weighted by Crippen LogP contribution is 2.42. The van der Waals surface area contributed by atoms with Crippen LogP contribution >= 0.6 is 0 Å². The van der Waals surface area contributed by atoms with Crippen LogP contribution in [-0.2, 0) is 6.54 Å². The summed E-state index contributed by atoms with van der Waals surface area (Å²) in [4.78, 5) is 19.6. The minimum absolute atomic E-state index is 0.0889. The summed E-state index contributed by atoms with van der Waals surface area (Å²) in [6.45, 7) is 9.50. The van der Waals surface area contributed by atoms with Gasteiger partial charge in [0.05, 0.1) is 11.2 Å². The molecule has 7 heteroatoms. The van der Waals surface area contributed by atoms with Crippen LogP contribution in [0.5, 0.6) is 0 Å². The Morgan fingerprint density at radius 2 is 1.74 bits per heavy atom. The quantitative estimate of drug-likeness (QED) is 0.743. The van der Waals surface area contributed by atoms with Crippen LogP contribution in [-0.4, -0.2) is 60.7 Å². The van der Waals surface area contributed by atoms with Gasteiger partial charge in [0.1, 0.15) is 0 Å². The summed E-state index contributed by atoms with van der Waals surface area (Å²) < 4.78 is 33.0. The predicted octanol–water partition coefficient (Wildman–Crippen LogP) is 3.52. The van der Waals surface area contributed by atoms with Crippen molar-refractivity contribution in [2.75, 3.05) is 51.2 Å². The molecule has 1 aliphatic carbocycles. The van der Waals surface area contributed by atoms with Crippen molar-refractivity contribution in [3.8, 4) is 0 Å². The number of nitrogens with zero attached hydrogens (tertiary/aromatic N) is 4. The zero-order valence-corrected chi connectivity index (χ0v) is 18.8. The van der Waals surface area contributed by atoms with E-state index in [-0.39, 0.29) is 11.6 Å². The number of halogens is 2. The van der Waals surface area contributed by atoms with Crippen LogP contribution in [0.15, 0.2) is 10.9 Å². The molecule has 0 unspecified atom stereocenters. The van der Waals surface area contributed by atoms with E-state index in [0.29, 0.717) is 40.2 Å².